The molecule has 19 heavy (non-hydrogen) atoms. The molecule has 1 unspecified atom stereocenters. The van der Waals surface area contributed by atoms with Crippen molar-refractivity contribution in [3.05, 3.63) is 0 Å². The number of thiocarbonyl (C=S) groups is 1. The lowest BCUT2D eigenvalue weighted by atomic mass is 9.75. The number of carbonyl (C=O) groups is 1. The van der Waals surface area contributed by atoms with Crippen LogP contribution in [-0.2, 0) is 4.79 Å². The first-order valence-corrected chi connectivity index (χ1v) is 7.83. The van der Waals surface area contributed by atoms with Crippen molar-refractivity contribution in [1.29, 1.82) is 0 Å². The van der Waals surface area contributed by atoms with Crippen LogP contribution in [0.4, 0.5) is 0 Å². The monoisotopic (exact) mass is 282 g/mol. The minimum atomic E-state index is -0.420. The molecule has 2 fully saturated rings. The number of hydrogen-bond donors (Lipinski definition) is 2. The van der Waals surface area contributed by atoms with Gasteiger partial charge in [0.25, 0.3) is 0 Å². The van der Waals surface area contributed by atoms with E-state index in [4.69, 9.17) is 18.0 Å². The zero-order chi connectivity index (χ0) is 14.3. The van der Waals surface area contributed by atoms with E-state index >= 15 is 0 Å². The van der Waals surface area contributed by atoms with Crippen LogP contribution in [0.5, 0.6) is 0 Å². The van der Waals surface area contributed by atoms with E-state index in [2.05, 4.69) is 26.1 Å². The fraction of sp³-hybridized carbons (Fsp3) is 0.867. The second-order valence-electron chi connectivity index (χ2n) is 7.03. The summed E-state index contributed by atoms with van der Waals surface area (Å²) in [6, 6.07) is 0. The molecule has 1 atom stereocenters. The fourth-order valence-electron chi connectivity index (χ4n) is 3.25. The number of amides is 1. The van der Waals surface area contributed by atoms with E-state index in [1.54, 1.807) is 0 Å². The van der Waals surface area contributed by atoms with E-state index in [0.717, 1.165) is 38.0 Å². The Balaban J connectivity index is 2.01. The molecule has 3 N–H and O–H groups in total. The largest absolute Gasteiger partial charge is 0.391 e. The standard InChI is InChI=1S/C15H26N2OS/c1-4-10-5-7-15(8-6-10,13(16)19)17-12(18)11-9-14(11,2)3/h10-11H,4-9H2,1-3H3,(H2,16,19)(H,17,18). The minimum Gasteiger partial charge on any atom is -0.391 e. The first-order chi connectivity index (χ1) is 8.81. The molecule has 108 valence electrons. The van der Waals surface area contributed by atoms with E-state index in [1.165, 1.54) is 6.42 Å². The quantitative estimate of drug-likeness (QED) is 0.780. The van der Waals surface area contributed by atoms with Crippen LogP contribution in [0.15, 0.2) is 0 Å². The molecular weight excluding hydrogens is 256 g/mol. The van der Waals surface area contributed by atoms with Crippen molar-refractivity contribution >= 4 is 23.1 Å². The highest BCUT2D eigenvalue weighted by molar-refractivity contribution is 7.80. The van der Waals surface area contributed by atoms with Gasteiger partial charge < -0.3 is 11.1 Å². The number of nitrogens with one attached hydrogen (secondary N) is 1. The highest BCUT2D eigenvalue weighted by atomic mass is 32.1. The van der Waals surface area contributed by atoms with Gasteiger partial charge in [-0.15, -0.1) is 0 Å². The highest BCUT2D eigenvalue weighted by Gasteiger charge is 2.52. The normalized spacial score (nSPS) is 36.6. The summed E-state index contributed by atoms with van der Waals surface area (Å²) in [5, 5.41) is 3.19. The Labute approximate surface area is 121 Å². The zero-order valence-electron chi connectivity index (χ0n) is 12.3. The Bertz CT molecular complexity index is 384. The molecule has 0 spiro atoms. The molecule has 0 aliphatic heterocycles. The third-order valence-corrected chi connectivity index (χ3v) is 5.59. The summed E-state index contributed by atoms with van der Waals surface area (Å²) in [5.74, 6) is 1.05. The third kappa shape index (κ3) is 2.93. The lowest BCUT2D eigenvalue weighted by Crippen LogP contribution is -2.58. The van der Waals surface area contributed by atoms with E-state index in [0.29, 0.717) is 4.99 Å². The van der Waals surface area contributed by atoms with Gasteiger partial charge in [-0.1, -0.05) is 39.4 Å². The van der Waals surface area contributed by atoms with Gasteiger partial charge in [0.15, 0.2) is 0 Å². The van der Waals surface area contributed by atoms with Gasteiger partial charge in [0.2, 0.25) is 5.91 Å². The van der Waals surface area contributed by atoms with Gasteiger partial charge in [0, 0.05) is 5.92 Å². The van der Waals surface area contributed by atoms with E-state index < -0.39 is 5.54 Å². The molecule has 0 radical (unpaired) electrons. The van der Waals surface area contributed by atoms with Gasteiger partial charge >= 0.3 is 0 Å². The van der Waals surface area contributed by atoms with E-state index in [1.807, 2.05) is 0 Å². The molecule has 0 aromatic rings. The lowest BCUT2D eigenvalue weighted by Gasteiger charge is -2.40. The summed E-state index contributed by atoms with van der Waals surface area (Å²) in [6.07, 6.45) is 6.21. The molecule has 2 aliphatic carbocycles. The molecule has 4 heteroatoms. The zero-order valence-corrected chi connectivity index (χ0v) is 13.1. The maximum atomic E-state index is 12.3. The summed E-state index contributed by atoms with van der Waals surface area (Å²) < 4.78 is 0. The van der Waals surface area contributed by atoms with Gasteiger partial charge in [0.05, 0.1) is 10.5 Å². The van der Waals surface area contributed by atoms with Crippen LogP contribution in [0, 0.1) is 17.3 Å². The van der Waals surface area contributed by atoms with Crippen molar-refractivity contribution in [2.75, 3.05) is 0 Å². The molecule has 0 aromatic heterocycles. The molecule has 0 aromatic carbocycles. The van der Waals surface area contributed by atoms with E-state index in [9.17, 15) is 4.79 Å². The van der Waals surface area contributed by atoms with Crippen LogP contribution in [0.3, 0.4) is 0 Å². The smallest absolute Gasteiger partial charge is 0.224 e. The van der Waals surface area contributed by atoms with Crippen LogP contribution < -0.4 is 11.1 Å². The molecule has 2 aliphatic rings. The Morgan fingerprint density at radius 3 is 2.26 bits per heavy atom. The van der Waals surface area contributed by atoms with Crippen LogP contribution in [0.25, 0.3) is 0 Å². The van der Waals surface area contributed by atoms with Crippen molar-refractivity contribution in [3.63, 3.8) is 0 Å². The topological polar surface area (TPSA) is 55.1 Å². The van der Waals surface area contributed by atoms with Gasteiger partial charge in [-0.2, -0.15) is 0 Å². The van der Waals surface area contributed by atoms with Crippen molar-refractivity contribution in [2.45, 2.75) is 64.8 Å². The van der Waals surface area contributed by atoms with Crippen molar-refractivity contribution in [1.82, 2.24) is 5.32 Å². The average molecular weight is 282 g/mol. The number of hydrogen-bond acceptors (Lipinski definition) is 2. The molecule has 0 heterocycles. The first kappa shape index (κ1) is 14.8. The van der Waals surface area contributed by atoms with Gasteiger partial charge in [0.1, 0.15) is 0 Å². The Kier molecular flexibility index (Phi) is 3.92. The van der Waals surface area contributed by atoms with Gasteiger partial charge in [-0.3, -0.25) is 4.79 Å². The molecule has 2 rings (SSSR count). The second kappa shape index (κ2) is 5.04. The van der Waals surface area contributed by atoms with Gasteiger partial charge in [-0.05, 0) is 43.4 Å². The molecule has 0 saturated heterocycles. The van der Waals surface area contributed by atoms with Crippen LogP contribution in [-0.4, -0.2) is 16.4 Å². The van der Waals surface area contributed by atoms with Crippen LogP contribution in [0.2, 0.25) is 0 Å². The average Bonchev–Trinajstić information content (AvgIpc) is 2.99. The molecule has 3 nitrogen and oxygen atoms in total. The molecule has 2 saturated carbocycles. The fourth-order valence-corrected chi connectivity index (χ4v) is 3.50. The summed E-state index contributed by atoms with van der Waals surface area (Å²) in [4.78, 5) is 12.8. The molecule has 1 amide bonds. The summed E-state index contributed by atoms with van der Waals surface area (Å²) in [7, 11) is 0. The van der Waals surface area contributed by atoms with Crippen molar-refractivity contribution in [2.24, 2.45) is 23.0 Å². The summed E-state index contributed by atoms with van der Waals surface area (Å²) in [6.45, 7) is 6.50. The molecular formula is C15H26N2OS. The van der Waals surface area contributed by atoms with Crippen molar-refractivity contribution < 1.29 is 4.79 Å². The second-order valence-corrected chi connectivity index (χ2v) is 7.47. The Morgan fingerprint density at radius 2 is 1.89 bits per heavy atom. The number of carbonyl (C=O) groups excluding carboxylic acids is 1. The Hall–Kier alpha value is -0.640. The van der Waals surface area contributed by atoms with Crippen LogP contribution >= 0.6 is 12.2 Å². The highest BCUT2D eigenvalue weighted by Crippen LogP contribution is 2.52. The lowest BCUT2D eigenvalue weighted by molar-refractivity contribution is -0.124. The molecule has 0 bridgehead atoms. The number of rotatable bonds is 4. The summed E-state index contributed by atoms with van der Waals surface area (Å²) >= 11 is 5.25. The van der Waals surface area contributed by atoms with Crippen LogP contribution in [0.1, 0.15) is 59.3 Å². The SMILES string of the molecule is CCC1CCC(NC(=O)C2CC2(C)C)(C(N)=S)CC1. The number of nitrogens with two attached hydrogens (primary N) is 1. The minimum absolute atomic E-state index is 0.141. The maximum Gasteiger partial charge on any atom is 0.224 e. The Morgan fingerprint density at radius 1 is 1.37 bits per heavy atom. The van der Waals surface area contributed by atoms with E-state index in [-0.39, 0.29) is 17.2 Å². The predicted molar refractivity (Wildman–Crippen MR) is 81.8 cm³/mol. The van der Waals surface area contributed by atoms with Gasteiger partial charge in [-0.25, -0.2) is 0 Å². The first-order valence-electron chi connectivity index (χ1n) is 7.43. The predicted octanol–water partition coefficient (Wildman–Crippen LogP) is 2.77. The maximum absolute atomic E-state index is 12.3. The van der Waals surface area contributed by atoms with Crippen molar-refractivity contribution in [3.8, 4) is 0 Å². The third-order valence-electron chi connectivity index (χ3n) is 5.20. The summed E-state index contributed by atoms with van der Waals surface area (Å²) in [5.41, 5.74) is 5.68.